The highest BCUT2D eigenvalue weighted by Crippen LogP contribution is 2.30. The van der Waals surface area contributed by atoms with Crippen molar-refractivity contribution in [2.45, 2.75) is 25.3 Å². The molecule has 0 saturated heterocycles. The van der Waals surface area contributed by atoms with Crippen LogP contribution in [-0.2, 0) is 11.3 Å². The number of aromatic nitrogens is 1. The maximum atomic E-state index is 12.4. The third-order valence-corrected chi connectivity index (χ3v) is 4.39. The number of ketones is 1. The van der Waals surface area contributed by atoms with Crippen molar-refractivity contribution in [3.05, 3.63) is 45.9 Å². The Morgan fingerprint density at radius 1 is 1.32 bits per heavy atom. The molecule has 98 valence electrons. The normalized spacial score (nSPS) is 18.0. The lowest BCUT2D eigenvalue weighted by Crippen LogP contribution is -2.23. The zero-order chi connectivity index (χ0) is 13.4. The summed E-state index contributed by atoms with van der Waals surface area (Å²) in [6.45, 7) is 0.721. The molecule has 0 aromatic carbocycles. The van der Waals surface area contributed by atoms with Crippen LogP contribution < -0.4 is 0 Å². The molecule has 0 radical (unpaired) electrons. The van der Waals surface area contributed by atoms with Gasteiger partial charge in [-0.2, -0.15) is 0 Å². The number of hydrogen-bond donors (Lipinski definition) is 1. The monoisotopic (exact) mass is 275 g/mol. The minimum Gasteiger partial charge on any atom is -0.481 e. The number of rotatable bonds is 3. The van der Waals surface area contributed by atoms with E-state index < -0.39 is 11.9 Å². The number of fused-ring (bicyclic) bond motifs is 1. The van der Waals surface area contributed by atoms with Gasteiger partial charge >= 0.3 is 5.97 Å². The summed E-state index contributed by atoms with van der Waals surface area (Å²) in [5.41, 5.74) is 1.35. The summed E-state index contributed by atoms with van der Waals surface area (Å²) in [5, 5.41) is 11.1. The van der Waals surface area contributed by atoms with Crippen LogP contribution in [0.5, 0.6) is 0 Å². The summed E-state index contributed by atoms with van der Waals surface area (Å²) in [4.78, 5) is 24.3. The molecule has 2 aromatic rings. The lowest BCUT2D eigenvalue weighted by molar-refractivity contribution is -0.139. The summed E-state index contributed by atoms with van der Waals surface area (Å²) in [7, 11) is 0. The second-order valence-electron chi connectivity index (χ2n) is 4.63. The van der Waals surface area contributed by atoms with Gasteiger partial charge in [-0.25, -0.2) is 0 Å². The third kappa shape index (κ3) is 2.00. The highest BCUT2D eigenvalue weighted by atomic mass is 32.1. The van der Waals surface area contributed by atoms with Crippen LogP contribution in [0.1, 0.15) is 39.8 Å². The molecule has 0 amide bonds. The Hall–Kier alpha value is -1.88. The molecule has 0 spiro atoms. The molecule has 0 fully saturated rings. The molecule has 1 aliphatic rings. The summed E-state index contributed by atoms with van der Waals surface area (Å²) >= 11 is 1.41. The first-order valence-electron chi connectivity index (χ1n) is 6.19. The largest absolute Gasteiger partial charge is 0.481 e. The van der Waals surface area contributed by atoms with Gasteiger partial charge in [0, 0.05) is 12.2 Å². The molecule has 1 aliphatic heterocycles. The Balaban J connectivity index is 2.02. The second-order valence-corrected chi connectivity index (χ2v) is 5.58. The van der Waals surface area contributed by atoms with Crippen LogP contribution in [0.3, 0.4) is 0 Å². The van der Waals surface area contributed by atoms with E-state index in [1.807, 2.05) is 16.0 Å². The number of carboxylic acid groups (broad SMARTS) is 1. The molecule has 19 heavy (non-hydrogen) atoms. The maximum Gasteiger partial charge on any atom is 0.312 e. The summed E-state index contributed by atoms with van der Waals surface area (Å²) in [5.74, 6) is -1.32. The van der Waals surface area contributed by atoms with Crippen molar-refractivity contribution in [2.24, 2.45) is 0 Å². The fraction of sp³-hybridized carbons (Fsp3) is 0.286. The first-order chi connectivity index (χ1) is 9.18. The van der Waals surface area contributed by atoms with Gasteiger partial charge in [-0.15, -0.1) is 11.3 Å². The fourth-order valence-corrected chi connectivity index (χ4v) is 3.29. The van der Waals surface area contributed by atoms with E-state index >= 15 is 0 Å². The van der Waals surface area contributed by atoms with E-state index in [2.05, 4.69) is 0 Å². The van der Waals surface area contributed by atoms with Crippen molar-refractivity contribution in [1.29, 1.82) is 0 Å². The van der Waals surface area contributed by atoms with Gasteiger partial charge in [-0.05, 0) is 36.4 Å². The first kappa shape index (κ1) is 12.2. The van der Waals surface area contributed by atoms with E-state index in [0.29, 0.717) is 17.0 Å². The van der Waals surface area contributed by atoms with E-state index in [1.54, 1.807) is 18.2 Å². The Kier molecular flexibility index (Phi) is 2.98. The Morgan fingerprint density at radius 2 is 2.16 bits per heavy atom. The predicted octanol–water partition coefficient (Wildman–Crippen LogP) is 2.74. The topological polar surface area (TPSA) is 59.3 Å². The van der Waals surface area contributed by atoms with E-state index in [1.165, 1.54) is 11.3 Å². The third-order valence-electron chi connectivity index (χ3n) is 3.52. The number of thiophene rings is 1. The fourth-order valence-electron chi connectivity index (χ4n) is 2.62. The van der Waals surface area contributed by atoms with Gasteiger partial charge in [-0.1, -0.05) is 6.07 Å². The van der Waals surface area contributed by atoms with Crippen LogP contribution in [0.4, 0.5) is 0 Å². The van der Waals surface area contributed by atoms with Crippen LogP contribution in [0.15, 0.2) is 29.6 Å². The molecule has 2 aromatic heterocycles. The molecular formula is C14H13NO3S. The minimum atomic E-state index is -0.811. The number of hydrogen-bond acceptors (Lipinski definition) is 3. The van der Waals surface area contributed by atoms with E-state index in [0.717, 1.165) is 18.7 Å². The van der Waals surface area contributed by atoms with Gasteiger partial charge in [0.2, 0.25) is 5.78 Å². The lowest BCUT2D eigenvalue weighted by Gasteiger charge is -2.23. The Bertz CT molecular complexity index is 627. The van der Waals surface area contributed by atoms with Crippen molar-refractivity contribution in [1.82, 2.24) is 4.57 Å². The molecule has 3 heterocycles. The number of carbonyl (C=O) groups is 2. The number of aliphatic carboxylic acids is 1. The van der Waals surface area contributed by atoms with Gasteiger partial charge in [0.05, 0.1) is 16.5 Å². The average molecular weight is 275 g/mol. The Labute approximate surface area is 114 Å². The molecule has 1 atom stereocenters. The van der Waals surface area contributed by atoms with Gasteiger partial charge in [0.15, 0.2) is 0 Å². The second kappa shape index (κ2) is 4.66. The van der Waals surface area contributed by atoms with Crippen molar-refractivity contribution in [3.63, 3.8) is 0 Å². The average Bonchev–Trinajstić information content (AvgIpc) is 3.06. The predicted molar refractivity (Wildman–Crippen MR) is 71.8 cm³/mol. The smallest absolute Gasteiger partial charge is 0.312 e. The Morgan fingerprint density at radius 3 is 2.84 bits per heavy atom. The minimum absolute atomic E-state index is 0.0210. The number of carbonyl (C=O) groups excluding carboxylic acids is 1. The molecule has 0 bridgehead atoms. The molecular weight excluding hydrogens is 262 g/mol. The zero-order valence-electron chi connectivity index (χ0n) is 10.2. The van der Waals surface area contributed by atoms with Crippen molar-refractivity contribution in [2.75, 3.05) is 0 Å². The highest BCUT2D eigenvalue weighted by molar-refractivity contribution is 7.12. The van der Waals surface area contributed by atoms with Crippen LogP contribution in [-0.4, -0.2) is 21.4 Å². The van der Waals surface area contributed by atoms with Gasteiger partial charge in [-0.3, -0.25) is 9.59 Å². The van der Waals surface area contributed by atoms with Gasteiger partial charge < -0.3 is 9.67 Å². The number of nitrogens with zero attached hydrogens (tertiary/aromatic N) is 1. The molecule has 5 heteroatoms. The summed E-state index contributed by atoms with van der Waals surface area (Å²) < 4.78 is 1.87. The van der Waals surface area contributed by atoms with Gasteiger partial charge in [0.25, 0.3) is 0 Å². The van der Waals surface area contributed by atoms with E-state index in [-0.39, 0.29) is 5.78 Å². The highest BCUT2D eigenvalue weighted by Gasteiger charge is 2.29. The van der Waals surface area contributed by atoms with E-state index in [9.17, 15) is 14.7 Å². The molecule has 3 rings (SSSR count). The van der Waals surface area contributed by atoms with Gasteiger partial charge in [0.1, 0.15) is 0 Å². The van der Waals surface area contributed by atoms with Crippen molar-refractivity contribution in [3.8, 4) is 0 Å². The molecule has 4 nitrogen and oxygen atoms in total. The first-order valence-corrected chi connectivity index (χ1v) is 7.07. The summed E-state index contributed by atoms with van der Waals surface area (Å²) in [6, 6.07) is 7.17. The van der Waals surface area contributed by atoms with Crippen LogP contribution in [0.25, 0.3) is 0 Å². The molecule has 0 aliphatic carbocycles. The molecule has 1 N–H and O–H groups in total. The molecule has 0 saturated carbocycles. The van der Waals surface area contributed by atoms with Crippen LogP contribution in [0.2, 0.25) is 0 Å². The van der Waals surface area contributed by atoms with Crippen LogP contribution >= 0.6 is 11.3 Å². The lowest BCUT2D eigenvalue weighted by atomic mass is 9.96. The standard InChI is InChI=1S/C14H13NO3S/c16-13(12-4-2-8-19-12)11-6-5-10-9(14(17)18)3-1-7-15(10)11/h2,4-6,8-9H,1,3,7H2,(H,17,18). The maximum absolute atomic E-state index is 12.4. The quantitative estimate of drug-likeness (QED) is 0.876. The van der Waals surface area contributed by atoms with Crippen molar-refractivity contribution >= 4 is 23.1 Å². The SMILES string of the molecule is O=C(c1cccs1)c1ccc2n1CCCC2C(=O)O. The zero-order valence-corrected chi connectivity index (χ0v) is 11.0. The summed E-state index contributed by atoms with van der Waals surface area (Å²) in [6.07, 6.45) is 1.44. The molecule has 1 unspecified atom stereocenters. The van der Waals surface area contributed by atoms with E-state index in [4.69, 9.17) is 0 Å². The van der Waals surface area contributed by atoms with Crippen molar-refractivity contribution < 1.29 is 14.7 Å². The van der Waals surface area contributed by atoms with Crippen LogP contribution in [0, 0.1) is 0 Å². The number of carboxylic acids is 1.